The molecule has 1 saturated carbocycles. The van der Waals surface area contributed by atoms with Gasteiger partial charge in [0.25, 0.3) is 5.91 Å². The molecule has 1 heterocycles. The molecule has 2 aliphatic rings. The second kappa shape index (κ2) is 7.44. The number of nitrogens with zero attached hydrogens (tertiary/aromatic N) is 1. The molecule has 0 radical (unpaired) electrons. The van der Waals surface area contributed by atoms with Gasteiger partial charge in [-0.1, -0.05) is 31.9 Å². The Morgan fingerprint density at radius 1 is 1.32 bits per heavy atom. The van der Waals surface area contributed by atoms with Crippen LogP contribution < -0.4 is 5.32 Å². The summed E-state index contributed by atoms with van der Waals surface area (Å²) in [5, 5.41) is 2.73. The number of esters is 1. The van der Waals surface area contributed by atoms with Crippen molar-refractivity contribution in [2.45, 2.75) is 50.9 Å². The van der Waals surface area contributed by atoms with E-state index in [9.17, 15) is 27.6 Å². The molecule has 6 nitrogen and oxygen atoms in total. The van der Waals surface area contributed by atoms with Crippen LogP contribution in [0.3, 0.4) is 0 Å². The van der Waals surface area contributed by atoms with Gasteiger partial charge >= 0.3 is 18.2 Å². The highest BCUT2D eigenvalue weighted by molar-refractivity contribution is 6.08. The molecule has 28 heavy (non-hydrogen) atoms. The summed E-state index contributed by atoms with van der Waals surface area (Å²) in [4.78, 5) is 37.9. The molecule has 3 amide bonds. The fraction of sp³-hybridized carbons (Fsp3) is 0.526. The van der Waals surface area contributed by atoms with Crippen LogP contribution in [-0.4, -0.2) is 34.9 Å². The average Bonchev–Trinajstić information content (AvgIpc) is 2.87. The van der Waals surface area contributed by atoms with Gasteiger partial charge in [0, 0.05) is 0 Å². The van der Waals surface area contributed by atoms with Crippen molar-refractivity contribution in [1.82, 2.24) is 10.2 Å². The number of imide groups is 1. The maximum atomic E-state index is 12.8. The van der Waals surface area contributed by atoms with Crippen molar-refractivity contribution in [2.75, 3.05) is 6.54 Å². The number of hydrogen-bond donors (Lipinski definition) is 1. The molecule has 9 heteroatoms. The van der Waals surface area contributed by atoms with Crippen molar-refractivity contribution in [1.29, 1.82) is 0 Å². The van der Waals surface area contributed by atoms with Gasteiger partial charge < -0.3 is 10.1 Å². The molecule has 1 saturated heterocycles. The summed E-state index contributed by atoms with van der Waals surface area (Å²) in [6, 6.07) is 3.78. The highest BCUT2D eigenvalue weighted by atomic mass is 19.4. The van der Waals surface area contributed by atoms with Gasteiger partial charge in [-0.3, -0.25) is 14.5 Å². The molecule has 152 valence electrons. The van der Waals surface area contributed by atoms with E-state index in [1.807, 2.05) is 6.92 Å². The number of alkyl halides is 3. The Labute approximate surface area is 160 Å². The molecule has 1 spiro atoms. The monoisotopic (exact) mass is 398 g/mol. The van der Waals surface area contributed by atoms with Crippen molar-refractivity contribution >= 4 is 17.9 Å². The molecular weight excluding hydrogens is 377 g/mol. The standard InChI is InChI=1S/C19H21F3N2O4/c1-12-5-2-3-8-18(12)16(26)24(17(27)23-18)10-15(25)28-11-13-6-4-7-14(9-13)19(20,21)22/h4,6-7,9,12H,2-3,5,8,10-11H2,1H3,(H,23,27)/t12-,18-/m1/s1. The zero-order valence-electron chi connectivity index (χ0n) is 15.3. The second-order valence-corrected chi connectivity index (χ2v) is 7.30. The first-order valence-corrected chi connectivity index (χ1v) is 9.09. The summed E-state index contributed by atoms with van der Waals surface area (Å²) in [7, 11) is 0. The van der Waals surface area contributed by atoms with E-state index in [1.165, 1.54) is 12.1 Å². The van der Waals surface area contributed by atoms with E-state index in [1.54, 1.807) is 0 Å². The number of hydrogen-bond acceptors (Lipinski definition) is 4. The number of rotatable bonds is 4. The average molecular weight is 398 g/mol. The minimum absolute atomic E-state index is 0.0381. The summed E-state index contributed by atoms with van der Waals surface area (Å²) >= 11 is 0. The van der Waals surface area contributed by atoms with Gasteiger partial charge in [-0.15, -0.1) is 0 Å². The Kier molecular flexibility index (Phi) is 5.36. The Balaban J connectivity index is 1.61. The lowest BCUT2D eigenvalue weighted by atomic mass is 9.73. The molecule has 1 aliphatic heterocycles. The summed E-state index contributed by atoms with van der Waals surface area (Å²) in [5.41, 5.74) is -1.66. The van der Waals surface area contributed by atoms with Crippen molar-refractivity contribution in [3.05, 3.63) is 35.4 Å². The third-order valence-corrected chi connectivity index (χ3v) is 5.44. The van der Waals surface area contributed by atoms with Crippen LogP contribution >= 0.6 is 0 Å². The zero-order valence-corrected chi connectivity index (χ0v) is 15.3. The van der Waals surface area contributed by atoms with Gasteiger partial charge in [-0.25, -0.2) is 4.79 Å². The molecule has 0 bridgehead atoms. The number of halogens is 3. The maximum absolute atomic E-state index is 12.8. The van der Waals surface area contributed by atoms with Crippen LogP contribution in [0.4, 0.5) is 18.0 Å². The molecule has 1 aromatic carbocycles. The lowest BCUT2D eigenvalue weighted by Gasteiger charge is -2.36. The van der Waals surface area contributed by atoms with Crippen LogP contribution in [0, 0.1) is 5.92 Å². The van der Waals surface area contributed by atoms with E-state index in [0.717, 1.165) is 36.3 Å². The minimum Gasteiger partial charge on any atom is -0.459 e. The molecule has 3 rings (SSSR count). The molecule has 1 N–H and O–H groups in total. The maximum Gasteiger partial charge on any atom is 0.416 e. The number of ether oxygens (including phenoxy) is 1. The normalized spacial score (nSPS) is 25.1. The van der Waals surface area contributed by atoms with Crippen molar-refractivity contribution in [2.24, 2.45) is 5.92 Å². The van der Waals surface area contributed by atoms with E-state index < -0.39 is 41.7 Å². The van der Waals surface area contributed by atoms with Gasteiger partial charge in [0.2, 0.25) is 0 Å². The fourth-order valence-electron chi connectivity index (χ4n) is 3.82. The first-order valence-electron chi connectivity index (χ1n) is 9.09. The number of urea groups is 1. The van der Waals surface area contributed by atoms with Crippen LogP contribution in [-0.2, 0) is 27.1 Å². The quantitative estimate of drug-likeness (QED) is 0.624. The first-order chi connectivity index (χ1) is 13.1. The van der Waals surface area contributed by atoms with Gasteiger partial charge in [0.15, 0.2) is 0 Å². The molecule has 2 atom stereocenters. The first kappa shape index (κ1) is 20.2. The third-order valence-electron chi connectivity index (χ3n) is 5.44. The van der Waals surface area contributed by atoms with E-state index in [4.69, 9.17) is 4.74 Å². The number of nitrogens with one attached hydrogen (secondary N) is 1. The molecule has 1 aliphatic carbocycles. The summed E-state index contributed by atoms with van der Waals surface area (Å²) in [6.45, 7) is 0.943. The van der Waals surface area contributed by atoms with Crippen molar-refractivity contribution in [3.8, 4) is 0 Å². The van der Waals surface area contributed by atoms with E-state index in [2.05, 4.69) is 5.32 Å². The minimum atomic E-state index is -4.49. The van der Waals surface area contributed by atoms with E-state index >= 15 is 0 Å². The highest BCUT2D eigenvalue weighted by Crippen LogP contribution is 2.38. The third kappa shape index (κ3) is 3.83. The van der Waals surface area contributed by atoms with Gasteiger partial charge in [-0.05, 0) is 36.5 Å². The second-order valence-electron chi connectivity index (χ2n) is 7.30. The summed E-state index contributed by atoms with van der Waals surface area (Å²) < 4.78 is 43.2. The highest BCUT2D eigenvalue weighted by Gasteiger charge is 2.55. The number of amides is 3. The van der Waals surface area contributed by atoms with E-state index in [-0.39, 0.29) is 18.1 Å². The van der Waals surface area contributed by atoms with Crippen molar-refractivity contribution < 1.29 is 32.3 Å². The van der Waals surface area contributed by atoms with Crippen LogP contribution in [0.1, 0.15) is 43.7 Å². The van der Waals surface area contributed by atoms with Crippen LogP contribution in [0.25, 0.3) is 0 Å². The topological polar surface area (TPSA) is 75.7 Å². The van der Waals surface area contributed by atoms with E-state index in [0.29, 0.717) is 6.42 Å². The number of carbonyl (C=O) groups excluding carboxylic acids is 3. The predicted molar refractivity (Wildman–Crippen MR) is 91.8 cm³/mol. The Hall–Kier alpha value is -2.58. The van der Waals surface area contributed by atoms with Crippen LogP contribution in [0.5, 0.6) is 0 Å². The van der Waals surface area contributed by atoms with Crippen molar-refractivity contribution in [3.63, 3.8) is 0 Å². The smallest absolute Gasteiger partial charge is 0.416 e. The zero-order chi connectivity index (χ0) is 20.5. The number of carbonyl (C=O) groups is 3. The van der Waals surface area contributed by atoms with Gasteiger partial charge in [0.05, 0.1) is 5.56 Å². The van der Waals surface area contributed by atoms with Gasteiger partial charge in [0.1, 0.15) is 18.7 Å². The SMILES string of the molecule is C[C@@H]1CCCC[C@@]12NC(=O)N(CC(=O)OCc1cccc(C(F)(F)F)c1)C2=O. The molecule has 2 fully saturated rings. The molecule has 0 unspecified atom stereocenters. The Morgan fingerprint density at radius 3 is 2.75 bits per heavy atom. The Bertz CT molecular complexity index is 796. The predicted octanol–water partition coefficient (Wildman–Crippen LogP) is 3.25. The lowest BCUT2D eigenvalue weighted by Crippen LogP contribution is -2.54. The lowest BCUT2D eigenvalue weighted by molar-refractivity contribution is -0.149. The number of benzene rings is 1. The van der Waals surface area contributed by atoms with Gasteiger partial charge in [-0.2, -0.15) is 13.2 Å². The van der Waals surface area contributed by atoms with Crippen LogP contribution in [0.2, 0.25) is 0 Å². The molecule has 1 aromatic rings. The Morgan fingerprint density at radius 2 is 2.07 bits per heavy atom. The molecular formula is C19H21F3N2O4. The largest absolute Gasteiger partial charge is 0.459 e. The molecule has 0 aromatic heterocycles. The fourth-order valence-corrected chi connectivity index (χ4v) is 3.82. The summed E-state index contributed by atoms with van der Waals surface area (Å²) in [6.07, 6.45) is -1.38. The van der Waals surface area contributed by atoms with Crippen LogP contribution in [0.15, 0.2) is 24.3 Å². The summed E-state index contributed by atoms with van der Waals surface area (Å²) in [5.74, 6) is -1.34.